The van der Waals surface area contributed by atoms with E-state index < -0.39 is 0 Å². The van der Waals surface area contributed by atoms with Gasteiger partial charge in [-0.15, -0.1) is 0 Å². The number of nitrogens with one attached hydrogen (secondary N) is 1. The van der Waals surface area contributed by atoms with Crippen LogP contribution < -0.4 is 5.32 Å². The molecule has 0 spiro atoms. The number of nitrogens with zero attached hydrogens (tertiary/aromatic N) is 2. The highest BCUT2D eigenvalue weighted by molar-refractivity contribution is 14.1. The number of halogens is 2. The molecule has 2 aromatic rings. The first kappa shape index (κ1) is 12.8. The third kappa shape index (κ3) is 2.56. The predicted octanol–water partition coefficient (Wildman–Crippen LogP) is 3.81. The first-order chi connectivity index (χ1) is 9.19. The van der Waals surface area contributed by atoms with Crippen LogP contribution in [0.2, 0.25) is 0 Å². The van der Waals surface area contributed by atoms with Crippen LogP contribution in [0.1, 0.15) is 24.5 Å². The Balaban J connectivity index is 2.10. The van der Waals surface area contributed by atoms with Crippen molar-refractivity contribution in [3.8, 4) is 11.4 Å². The van der Waals surface area contributed by atoms with E-state index in [1.807, 2.05) is 7.05 Å². The lowest BCUT2D eigenvalue weighted by Crippen LogP contribution is -2.04. The minimum absolute atomic E-state index is 0.245. The summed E-state index contributed by atoms with van der Waals surface area (Å²) in [5.74, 6) is 1.82. The summed E-state index contributed by atoms with van der Waals surface area (Å²) in [4.78, 5) is 9.17. The van der Waals surface area contributed by atoms with Crippen molar-refractivity contribution < 1.29 is 4.39 Å². The van der Waals surface area contributed by atoms with Gasteiger partial charge in [-0.1, -0.05) is 0 Å². The molecule has 0 amide bonds. The number of hydrogen-bond donors (Lipinski definition) is 1. The molecule has 1 aromatic heterocycles. The molecule has 1 aliphatic rings. The van der Waals surface area contributed by atoms with Crippen molar-refractivity contribution in [1.29, 1.82) is 0 Å². The van der Waals surface area contributed by atoms with Gasteiger partial charge < -0.3 is 5.32 Å². The van der Waals surface area contributed by atoms with Crippen LogP contribution in [0.5, 0.6) is 0 Å². The summed E-state index contributed by atoms with van der Waals surface area (Å²) >= 11 is 2.29. The summed E-state index contributed by atoms with van der Waals surface area (Å²) in [5, 5.41) is 3.11. The fraction of sp³-hybridized carbons (Fsp3) is 0.286. The van der Waals surface area contributed by atoms with E-state index in [9.17, 15) is 4.39 Å². The molecule has 0 radical (unpaired) electrons. The van der Waals surface area contributed by atoms with E-state index in [2.05, 4.69) is 37.9 Å². The van der Waals surface area contributed by atoms with E-state index in [4.69, 9.17) is 0 Å². The molecule has 19 heavy (non-hydrogen) atoms. The number of benzene rings is 1. The number of aromatic nitrogens is 2. The zero-order valence-corrected chi connectivity index (χ0v) is 12.6. The van der Waals surface area contributed by atoms with Crippen LogP contribution in [-0.2, 0) is 0 Å². The van der Waals surface area contributed by atoms with Gasteiger partial charge >= 0.3 is 0 Å². The van der Waals surface area contributed by atoms with E-state index in [-0.39, 0.29) is 5.82 Å². The third-order valence-corrected chi connectivity index (χ3v) is 4.24. The average molecular weight is 369 g/mol. The Kier molecular flexibility index (Phi) is 3.38. The summed E-state index contributed by atoms with van der Waals surface area (Å²) < 4.78 is 14.1. The maximum absolute atomic E-state index is 13.0. The molecule has 1 aromatic carbocycles. The van der Waals surface area contributed by atoms with Crippen molar-refractivity contribution in [3.63, 3.8) is 0 Å². The second kappa shape index (κ2) is 5.03. The molecule has 0 unspecified atom stereocenters. The van der Waals surface area contributed by atoms with Gasteiger partial charge in [0.15, 0.2) is 5.82 Å². The zero-order chi connectivity index (χ0) is 13.4. The SMILES string of the molecule is CNc1nc(-c2ccc(F)cc2)nc(C2CC2)c1I. The zero-order valence-electron chi connectivity index (χ0n) is 10.5. The highest BCUT2D eigenvalue weighted by Crippen LogP contribution is 2.42. The molecule has 98 valence electrons. The fourth-order valence-electron chi connectivity index (χ4n) is 1.99. The summed E-state index contributed by atoms with van der Waals surface area (Å²) in [5.41, 5.74) is 1.95. The van der Waals surface area contributed by atoms with Crippen molar-refractivity contribution >= 4 is 28.4 Å². The molecule has 0 aliphatic heterocycles. The van der Waals surface area contributed by atoms with Crippen LogP contribution in [0.4, 0.5) is 10.2 Å². The quantitative estimate of drug-likeness (QED) is 0.837. The summed E-state index contributed by atoms with van der Waals surface area (Å²) in [7, 11) is 1.86. The summed E-state index contributed by atoms with van der Waals surface area (Å²) in [6, 6.07) is 6.31. The first-order valence-electron chi connectivity index (χ1n) is 6.20. The molecule has 1 saturated carbocycles. The van der Waals surface area contributed by atoms with Crippen LogP contribution in [-0.4, -0.2) is 17.0 Å². The number of anilines is 1. The summed E-state index contributed by atoms with van der Waals surface area (Å²) in [6.45, 7) is 0. The second-order valence-corrected chi connectivity index (χ2v) is 5.70. The number of rotatable bonds is 3. The van der Waals surface area contributed by atoms with E-state index >= 15 is 0 Å². The Bertz CT molecular complexity index is 609. The van der Waals surface area contributed by atoms with Gasteiger partial charge in [-0.2, -0.15) is 0 Å². The highest BCUT2D eigenvalue weighted by atomic mass is 127. The molecule has 1 N–H and O–H groups in total. The van der Waals surface area contributed by atoms with Crippen molar-refractivity contribution in [2.24, 2.45) is 0 Å². The van der Waals surface area contributed by atoms with Crippen LogP contribution in [0, 0.1) is 9.39 Å². The molecule has 1 fully saturated rings. The summed E-state index contributed by atoms with van der Waals surface area (Å²) in [6.07, 6.45) is 2.39. The van der Waals surface area contributed by atoms with Crippen molar-refractivity contribution in [2.75, 3.05) is 12.4 Å². The first-order valence-corrected chi connectivity index (χ1v) is 7.28. The average Bonchev–Trinajstić information content (AvgIpc) is 3.24. The molecular weight excluding hydrogens is 356 g/mol. The van der Waals surface area contributed by atoms with Gasteiger partial charge in [0.05, 0.1) is 9.26 Å². The van der Waals surface area contributed by atoms with Crippen molar-refractivity contribution in [2.45, 2.75) is 18.8 Å². The molecule has 1 aliphatic carbocycles. The normalized spacial score (nSPS) is 14.5. The van der Waals surface area contributed by atoms with Gasteiger partial charge in [0.25, 0.3) is 0 Å². The molecule has 0 bridgehead atoms. The van der Waals surface area contributed by atoms with E-state index in [0.717, 1.165) is 20.6 Å². The van der Waals surface area contributed by atoms with Crippen LogP contribution in [0.3, 0.4) is 0 Å². The molecule has 1 heterocycles. The monoisotopic (exact) mass is 369 g/mol. The molecule has 3 rings (SSSR count). The van der Waals surface area contributed by atoms with Gasteiger partial charge in [0.2, 0.25) is 0 Å². The van der Waals surface area contributed by atoms with E-state index in [1.165, 1.54) is 25.0 Å². The smallest absolute Gasteiger partial charge is 0.161 e. The maximum Gasteiger partial charge on any atom is 0.161 e. The number of hydrogen-bond acceptors (Lipinski definition) is 3. The second-order valence-electron chi connectivity index (χ2n) is 4.63. The van der Waals surface area contributed by atoms with Crippen molar-refractivity contribution in [1.82, 2.24) is 9.97 Å². The van der Waals surface area contributed by atoms with Crippen LogP contribution >= 0.6 is 22.6 Å². The van der Waals surface area contributed by atoms with Gasteiger partial charge in [-0.05, 0) is 59.7 Å². The Morgan fingerprint density at radius 3 is 2.47 bits per heavy atom. The van der Waals surface area contributed by atoms with E-state index in [0.29, 0.717) is 11.7 Å². The Morgan fingerprint density at radius 2 is 1.89 bits per heavy atom. The molecular formula is C14H13FIN3. The third-order valence-electron chi connectivity index (χ3n) is 3.18. The Hall–Kier alpha value is -1.24. The van der Waals surface area contributed by atoms with Crippen LogP contribution in [0.15, 0.2) is 24.3 Å². The van der Waals surface area contributed by atoms with Gasteiger partial charge in [0, 0.05) is 18.5 Å². The van der Waals surface area contributed by atoms with Gasteiger partial charge in [0.1, 0.15) is 11.6 Å². The lowest BCUT2D eigenvalue weighted by atomic mass is 10.2. The molecule has 0 atom stereocenters. The maximum atomic E-state index is 13.0. The van der Waals surface area contributed by atoms with E-state index in [1.54, 1.807) is 12.1 Å². The minimum Gasteiger partial charge on any atom is -0.372 e. The van der Waals surface area contributed by atoms with Gasteiger partial charge in [-0.3, -0.25) is 0 Å². The molecule has 5 heteroatoms. The predicted molar refractivity (Wildman–Crippen MR) is 81.7 cm³/mol. The van der Waals surface area contributed by atoms with Crippen LogP contribution in [0.25, 0.3) is 11.4 Å². The topological polar surface area (TPSA) is 37.8 Å². The highest BCUT2D eigenvalue weighted by Gasteiger charge is 2.29. The van der Waals surface area contributed by atoms with Gasteiger partial charge in [-0.25, -0.2) is 14.4 Å². The molecule has 3 nitrogen and oxygen atoms in total. The lowest BCUT2D eigenvalue weighted by Gasteiger charge is -2.10. The molecule has 0 saturated heterocycles. The Morgan fingerprint density at radius 1 is 1.21 bits per heavy atom. The lowest BCUT2D eigenvalue weighted by molar-refractivity contribution is 0.628. The minimum atomic E-state index is -0.245. The van der Waals surface area contributed by atoms with Crippen molar-refractivity contribution in [3.05, 3.63) is 39.3 Å². The standard InChI is InChI=1S/C14H13FIN3/c1-17-14-11(16)12(8-2-3-8)18-13(19-14)9-4-6-10(15)7-5-9/h4-8H,2-3H2,1H3,(H,17,18,19). The Labute approximate surface area is 124 Å². The fourth-order valence-corrected chi connectivity index (χ4v) is 2.94. The largest absolute Gasteiger partial charge is 0.372 e.